The van der Waals surface area contributed by atoms with Crippen molar-refractivity contribution in [2.24, 2.45) is 0 Å². The Bertz CT molecular complexity index is 1290. The molecule has 4 rings (SSSR count). The van der Waals surface area contributed by atoms with Gasteiger partial charge in [0.15, 0.2) is 5.65 Å². The first-order valence-corrected chi connectivity index (χ1v) is 10.1. The molecule has 0 saturated heterocycles. The van der Waals surface area contributed by atoms with E-state index in [1.54, 1.807) is 30.3 Å². The second-order valence-corrected chi connectivity index (χ2v) is 8.18. The van der Waals surface area contributed by atoms with Gasteiger partial charge in [-0.2, -0.15) is 0 Å². The third-order valence-corrected chi connectivity index (χ3v) is 6.39. The van der Waals surface area contributed by atoms with E-state index in [2.05, 4.69) is 4.98 Å². The Morgan fingerprint density at radius 1 is 1.07 bits per heavy atom. The molecule has 0 aliphatic carbocycles. The third kappa shape index (κ3) is 2.93. The minimum atomic E-state index is -4.05. The van der Waals surface area contributed by atoms with Gasteiger partial charge in [-0.1, -0.05) is 29.8 Å². The lowest BCUT2D eigenvalue weighted by Gasteiger charge is -2.12. The number of methoxy groups -OCH3 is 1. The minimum absolute atomic E-state index is 0.0597. The van der Waals surface area contributed by atoms with Gasteiger partial charge in [0.1, 0.15) is 11.6 Å². The molecule has 0 saturated carbocycles. The number of nitrogens with zero attached hydrogens (tertiary/aromatic N) is 2. The minimum Gasteiger partial charge on any atom is -0.497 e. The van der Waals surface area contributed by atoms with E-state index in [0.717, 1.165) is 3.97 Å². The monoisotopic (exact) mass is 416 g/mol. The summed E-state index contributed by atoms with van der Waals surface area (Å²) in [6, 6.07) is 15.2. The zero-order valence-corrected chi connectivity index (χ0v) is 16.2. The summed E-state index contributed by atoms with van der Waals surface area (Å²) in [5.41, 5.74) is 0.343. The van der Waals surface area contributed by atoms with Gasteiger partial charge in [0.25, 0.3) is 10.0 Å². The zero-order valence-electron chi connectivity index (χ0n) is 14.6. The maximum atomic E-state index is 14.8. The summed E-state index contributed by atoms with van der Waals surface area (Å²) in [6.07, 6.45) is 1.41. The van der Waals surface area contributed by atoms with Crippen molar-refractivity contribution in [3.63, 3.8) is 0 Å². The Morgan fingerprint density at radius 2 is 1.82 bits per heavy atom. The largest absolute Gasteiger partial charge is 0.497 e. The summed E-state index contributed by atoms with van der Waals surface area (Å²) in [5, 5.41) is 0.732. The SMILES string of the molecule is COc1ccc(-c2cc3c(Cl)ccnc3n2S(=O)(=O)c2ccccc2)c(F)c1. The molecule has 0 aliphatic heterocycles. The van der Waals surface area contributed by atoms with Gasteiger partial charge >= 0.3 is 0 Å². The van der Waals surface area contributed by atoms with E-state index in [-0.39, 0.29) is 21.8 Å². The Labute approximate surface area is 166 Å². The van der Waals surface area contributed by atoms with E-state index < -0.39 is 15.8 Å². The molecule has 142 valence electrons. The lowest BCUT2D eigenvalue weighted by molar-refractivity contribution is 0.411. The first-order chi connectivity index (χ1) is 13.4. The highest BCUT2D eigenvalue weighted by Gasteiger charge is 2.26. The van der Waals surface area contributed by atoms with Gasteiger partial charge in [-0.05, 0) is 36.4 Å². The predicted octanol–water partition coefficient (Wildman–Crippen LogP) is 4.74. The number of aromatic nitrogens is 2. The van der Waals surface area contributed by atoms with Crippen molar-refractivity contribution in [3.05, 3.63) is 77.7 Å². The molecule has 2 aromatic carbocycles. The lowest BCUT2D eigenvalue weighted by Crippen LogP contribution is -2.15. The van der Waals surface area contributed by atoms with Crippen LogP contribution in [-0.2, 0) is 10.0 Å². The number of hydrogen-bond donors (Lipinski definition) is 0. The van der Waals surface area contributed by atoms with Crippen LogP contribution >= 0.6 is 11.6 Å². The molecule has 0 fully saturated rings. The summed E-state index contributed by atoms with van der Waals surface area (Å²) in [5.74, 6) is -0.297. The van der Waals surface area contributed by atoms with Crippen LogP contribution in [0.2, 0.25) is 5.02 Å². The maximum absolute atomic E-state index is 14.8. The molecular weight excluding hydrogens is 403 g/mol. The van der Waals surface area contributed by atoms with Crippen LogP contribution in [0.3, 0.4) is 0 Å². The third-order valence-electron chi connectivity index (χ3n) is 4.34. The number of rotatable bonds is 4. The molecule has 0 unspecified atom stereocenters. The second-order valence-electron chi connectivity index (χ2n) is 5.99. The first kappa shape index (κ1) is 18.5. The summed E-state index contributed by atoms with van der Waals surface area (Å²) >= 11 is 6.25. The summed E-state index contributed by atoms with van der Waals surface area (Å²) in [7, 11) is -2.63. The Balaban J connectivity index is 2.08. The molecule has 2 aromatic heterocycles. The van der Waals surface area contributed by atoms with E-state index in [4.69, 9.17) is 16.3 Å². The van der Waals surface area contributed by atoms with E-state index >= 15 is 0 Å². The topological polar surface area (TPSA) is 61.2 Å². The molecule has 5 nitrogen and oxygen atoms in total. The van der Waals surface area contributed by atoms with Crippen molar-refractivity contribution < 1.29 is 17.5 Å². The van der Waals surface area contributed by atoms with Crippen LogP contribution in [0, 0.1) is 5.82 Å². The van der Waals surface area contributed by atoms with Gasteiger partial charge in [-0.15, -0.1) is 0 Å². The van der Waals surface area contributed by atoms with Crippen molar-refractivity contribution in [1.82, 2.24) is 8.96 Å². The second kappa shape index (κ2) is 6.92. The highest BCUT2D eigenvalue weighted by Crippen LogP contribution is 2.36. The number of fused-ring (bicyclic) bond motifs is 1. The smallest absolute Gasteiger partial charge is 0.269 e. The molecule has 0 atom stereocenters. The van der Waals surface area contributed by atoms with Crippen LogP contribution < -0.4 is 4.74 Å². The van der Waals surface area contributed by atoms with Gasteiger partial charge in [0, 0.05) is 23.2 Å². The highest BCUT2D eigenvalue weighted by molar-refractivity contribution is 7.90. The van der Waals surface area contributed by atoms with E-state index in [1.807, 2.05) is 0 Å². The van der Waals surface area contributed by atoms with Crippen molar-refractivity contribution >= 4 is 32.7 Å². The Morgan fingerprint density at radius 3 is 2.50 bits per heavy atom. The van der Waals surface area contributed by atoms with Crippen molar-refractivity contribution in [3.8, 4) is 17.0 Å². The van der Waals surface area contributed by atoms with Crippen molar-refractivity contribution in [1.29, 1.82) is 0 Å². The van der Waals surface area contributed by atoms with Crippen molar-refractivity contribution in [2.75, 3.05) is 7.11 Å². The molecule has 0 N–H and O–H groups in total. The standard InChI is InChI=1S/C20H14ClFN2O3S/c1-27-13-7-8-15(18(22)11-13)19-12-16-17(21)9-10-23-20(16)24(19)28(25,26)14-5-3-2-4-6-14/h2-12H,1H3. The van der Waals surface area contributed by atoms with E-state index in [9.17, 15) is 12.8 Å². The van der Waals surface area contributed by atoms with Gasteiger partial charge < -0.3 is 4.74 Å². The molecule has 0 bridgehead atoms. The average molecular weight is 417 g/mol. The molecule has 28 heavy (non-hydrogen) atoms. The normalized spacial score (nSPS) is 11.7. The maximum Gasteiger partial charge on any atom is 0.269 e. The molecule has 0 amide bonds. The van der Waals surface area contributed by atoms with Crippen LogP contribution in [0.5, 0.6) is 5.75 Å². The average Bonchev–Trinajstić information content (AvgIpc) is 3.10. The van der Waals surface area contributed by atoms with E-state index in [1.165, 1.54) is 43.6 Å². The first-order valence-electron chi connectivity index (χ1n) is 8.24. The van der Waals surface area contributed by atoms with Crippen LogP contribution in [0.1, 0.15) is 0 Å². The molecular formula is C20H14ClFN2O3S. The fourth-order valence-corrected chi connectivity index (χ4v) is 4.69. The fraction of sp³-hybridized carbons (Fsp3) is 0.0500. The summed E-state index contributed by atoms with van der Waals surface area (Å²) < 4.78 is 47.6. The Kier molecular flexibility index (Phi) is 4.56. The van der Waals surface area contributed by atoms with Crippen LogP contribution in [0.15, 0.2) is 71.8 Å². The molecule has 8 heteroatoms. The number of ether oxygens (including phenoxy) is 1. The zero-order chi connectivity index (χ0) is 19.9. The number of hydrogen-bond acceptors (Lipinski definition) is 4. The predicted molar refractivity (Wildman–Crippen MR) is 106 cm³/mol. The highest BCUT2D eigenvalue weighted by atomic mass is 35.5. The van der Waals surface area contributed by atoms with E-state index in [0.29, 0.717) is 16.2 Å². The van der Waals surface area contributed by atoms with Crippen molar-refractivity contribution in [2.45, 2.75) is 4.90 Å². The van der Waals surface area contributed by atoms with Gasteiger partial charge in [-0.25, -0.2) is 21.8 Å². The summed E-state index contributed by atoms with van der Waals surface area (Å²) in [6.45, 7) is 0. The molecule has 2 heterocycles. The summed E-state index contributed by atoms with van der Waals surface area (Å²) in [4.78, 5) is 4.26. The van der Waals surface area contributed by atoms with Gasteiger partial charge in [0.2, 0.25) is 0 Å². The van der Waals surface area contributed by atoms with Gasteiger partial charge in [-0.3, -0.25) is 0 Å². The molecule has 4 aromatic rings. The molecule has 0 radical (unpaired) electrons. The molecule has 0 aliphatic rings. The van der Waals surface area contributed by atoms with Crippen LogP contribution in [-0.4, -0.2) is 24.5 Å². The van der Waals surface area contributed by atoms with Crippen LogP contribution in [0.25, 0.3) is 22.3 Å². The number of halogens is 2. The van der Waals surface area contributed by atoms with Crippen LogP contribution in [0.4, 0.5) is 4.39 Å². The molecule has 0 spiro atoms. The quantitative estimate of drug-likeness (QED) is 0.482. The fourth-order valence-electron chi connectivity index (χ4n) is 3.00. The lowest BCUT2D eigenvalue weighted by atomic mass is 10.1. The Hall–Kier alpha value is -2.90. The number of benzene rings is 2. The van der Waals surface area contributed by atoms with Gasteiger partial charge in [0.05, 0.1) is 22.7 Å². The number of pyridine rings is 1.